The molecule has 5 heteroatoms. The molecule has 102 valence electrons. The lowest BCUT2D eigenvalue weighted by Gasteiger charge is -2.07. The molecule has 20 heavy (non-hydrogen) atoms. The Labute approximate surface area is 116 Å². The van der Waals surface area contributed by atoms with Crippen molar-refractivity contribution in [2.24, 2.45) is 0 Å². The van der Waals surface area contributed by atoms with Gasteiger partial charge in [0.05, 0.1) is 30.2 Å². The van der Waals surface area contributed by atoms with Crippen molar-refractivity contribution in [3.8, 4) is 5.69 Å². The van der Waals surface area contributed by atoms with Crippen molar-refractivity contribution >= 4 is 16.6 Å². The van der Waals surface area contributed by atoms with Gasteiger partial charge in [0.1, 0.15) is 5.82 Å². The van der Waals surface area contributed by atoms with Crippen LogP contribution in [0.5, 0.6) is 0 Å². The van der Waals surface area contributed by atoms with Crippen molar-refractivity contribution in [3.05, 3.63) is 48.7 Å². The molecule has 0 aliphatic heterocycles. The Morgan fingerprint density at radius 2 is 2.00 bits per heavy atom. The molecule has 0 saturated heterocycles. The normalized spacial score (nSPS) is 10.9. The Morgan fingerprint density at radius 1 is 1.20 bits per heavy atom. The smallest absolute Gasteiger partial charge is 0.125 e. The molecule has 3 aromatic rings. The average Bonchev–Trinajstić information content (AvgIpc) is 2.89. The molecule has 2 N–H and O–H groups in total. The third-order valence-corrected chi connectivity index (χ3v) is 3.18. The summed E-state index contributed by atoms with van der Waals surface area (Å²) in [5.41, 5.74) is 3.05. The van der Waals surface area contributed by atoms with Gasteiger partial charge in [-0.1, -0.05) is 0 Å². The number of nitrogens with one attached hydrogen (secondary N) is 1. The highest BCUT2D eigenvalue weighted by Crippen LogP contribution is 2.23. The van der Waals surface area contributed by atoms with Gasteiger partial charge in [0.2, 0.25) is 0 Å². The van der Waals surface area contributed by atoms with Crippen molar-refractivity contribution in [3.63, 3.8) is 0 Å². The number of hydrogen-bond donors (Lipinski definition) is 2. The number of nitrogens with zero attached hydrogens (tertiary/aromatic N) is 3. The van der Waals surface area contributed by atoms with E-state index in [0.29, 0.717) is 6.54 Å². The molecule has 0 amide bonds. The minimum absolute atomic E-state index is 0.125. The first-order chi connectivity index (χ1) is 9.78. The highest BCUT2D eigenvalue weighted by Gasteiger charge is 2.04. The molecule has 2 aromatic heterocycles. The lowest BCUT2D eigenvalue weighted by molar-refractivity contribution is 0.311. The van der Waals surface area contributed by atoms with E-state index in [-0.39, 0.29) is 6.61 Å². The van der Waals surface area contributed by atoms with Gasteiger partial charge in [-0.3, -0.25) is 0 Å². The minimum Gasteiger partial charge on any atom is -0.395 e. The summed E-state index contributed by atoms with van der Waals surface area (Å²) >= 11 is 0. The van der Waals surface area contributed by atoms with Crippen LogP contribution >= 0.6 is 0 Å². The number of benzene rings is 1. The van der Waals surface area contributed by atoms with E-state index in [0.717, 1.165) is 28.1 Å². The van der Waals surface area contributed by atoms with E-state index in [1.165, 1.54) is 0 Å². The van der Waals surface area contributed by atoms with Gasteiger partial charge in [0.15, 0.2) is 0 Å². The van der Waals surface area contributed by atoms with Gasteiger partial charge in [-0.2, -0.15) is 0 Å². The summed E-state index contributed by atoms with van der Waals surface area (Å²) in [6.07, 6.45) is 5.65. The number of aryl methyl sites for hydroxylation is 1. The Balaban J connectivity index is 1.99. The van der Waals surface area contributed by atoms with Crippen molar-refractivity contribution in [1.29, 1.82) is 0 Å². The molecule has 1 aromatic carbocycles. The van der Waals surface area contributed by atoms with Crippen LogP contribution in [-0.2, 0) is 0 Å². The van der Waals surface area contributed by atoms with E-state index >= 15 is 0 Å². The maximum absolute atomic E-state index is 8.84. The van der Waals surface area contributed by atoms with Crippen LogP contribution < -0.4 is 5.32 Å². The first-order valence-electron chi connectivity index (χ1n) is 6.53. The van der Waals surface area contributed by atoms with Crippen LogP contribution in [0.15, 0.2) is 42.9 Å². The van der Waals surface area contributed by atoms with E-state index < -0.39 is 0 Å². The molecular weight excluding hydrogens is 252 g/mol. The van der Waals surface area contributed by atoms with Gasteiger partial charge >= 0.3 is 0 Å². The maximum Gasteiger partial charge on any atom is 0.125 e. The standard InChI is InChI=1S/C15H16N4O/c1-11-17-9-14(10-18-11)19-6-4-12-8-13(16-5-7-20)2-3-15(12)19/h2-4,6,8-10,16,20H,5,7H2,1H3. The molecule has 0 aliphatic carbocycles. The van der Waals surface area contributed by atoms with Crippen molar-refractivity contribution in [2.45, 2.75) is 6.92 Å². The van der Waals surface area contributed by atoms with Gasteiger partial charge in [-0.05, 0) is 31.2 Å². The van der Waals surface area contributed by atoms with Crippen LogP contribution in [0.3, 0.4) is 0 Å². The molecular formula is C15H16N4O. The molecule has 0 radical (unpaired) electrons. The summed E-state index contributed by atoms with van der Waals surface area (Å²) < 4.78 is 2.06. The number of rotatable bonds is 4. The summed E-state index contributed by atoms with van der Waals surface area (Å²) in [7, 11) is 0. The van der Waals surface area contributed by atoms with E-state index in [1.54, 1.807) is 0 Å². The van der Waals surface area contributed by atoms with Crippen molar-refractivity contribution in [2.75, 3.05) is 18.5 Å². The van der Waals surface area contributed by atoms with E-state index in [1.807, 2.05) is 31.6 Å². The van der Waals surface area contributed by atoms with Crippen LogP contribution in [0.25, 0.3) is 16.6 Å². The summed E-state index contributed by atoms with van der Waals surface area (Å²) in [6.45, 7) is 2.55. The lowest BCUT2D eigenvalue weighted by Crippen LogP contribution is -2.05. The SMILES string of the molecule is Cc1ncc(-n2ccc3cc(NCCO)ccc32)cn1. The number of hydrogen-bond acceptors (Lipinski definition) is 4. The Hall–Kier alpha value is -2.40. The monoisotopic (exact) mass is 268 g/mol. The fourth-order valence-electron chi connectivity index (χ4n) is 2.19. The summed E-state index contributed by atoms with van der Waals surface area (Å²) in [5, 5.41) is 13.1. The van der Waals surface area contributed by atoms with Gasteiger partial charge < -0.3 is 15.0 Å². The molecule has 0 atom stereocenters. The minimum atomic E-state index is 0.125. The van der Waals surface area contributed by atoms with Gasteiger partial charge in [0, 0.05) is 23.8 Å². The molecule has 0 unspecified atom stereocenters. The van der Waals surface area contributed by atoms with Crippen LogP contribution in [0.1, 0.15) is 5.82 Å². The molecule has 0 aliphatic rings. The van der Waals surface area contributed by atoms with Crippen LogP contribution in [-0.4, -0.2) is 32.8 Å². The van der Waals surface area contributed by atoms with Gasteiger partial charge in [-0.25, -0.2) is 9.97 Å². The largest absolute Gasteiger partial charge is 0.395 e. The Morgan fingerprint density at radius 3 is 2.75 bits per heavy atom. The third kappa shape index (κ3) is 2.35. The second kappa shape index (κ2) is 5.30. The Bertz CT molecular complexity index is 718. The second-order valence-corrected chi connectivity index (χ2v) is 4.60. The third-order valence-electron chi connectivity index (χ3n) is 3.18. The number of aliphatic hydroxyl groups excluding tert-OH is 1. The maximum atomic E-state index is 8.84. The zero-order valence-corrected chi connectivity index (χ0v) is 11.2. The molecule has 5 nitrogen and oxygen atoms in total. The van der Waals surface area contributed by atoms with E-state index in [2.05, 4.69) is 38.1 Å². The molecule has 0 fully saturated rings. The number of aromatic nitrogens is 3. The second-order valence-electron chi connectivity index (χ2n) is 4.60. The number of aliphatic hydroxyl groups is 1. The van der Waals surface area contributed by atoms with Crippen LogP contribution in [0.4, 0.5) is 5.69 Å². The first kappa shape index (κ1) is 12.6. The molecule has 3 rings (SSSR count). The number of anilines is 1. The molecule has 0 spiro atoms. The highest BCUT2D eigenvalue weighted by molar-refractivity contribution is 5.85. The zero-order valence-electron chi connectivity index (χ0n) is 11.2. The Kier molecular flexibility index (Phi) is 3.35. The average molecular weight is 268 g/mol. The summed E-state index contributed by atoms with van der Waals surface area (Å²) in [4.78, 5) is 8.46. The van der Waals surface area contributed by atoms with Crippen molar-refractivity contribution in [1.82, 2.24) is 14.5 Å². The summed E-state index contributed by atoms with van der Waals surface area (Å²) in [6, 6.07) is 8.17. The molecule has 2 heterocycles. The summed E-state index contributed by atoms with van der Waals surface area (Å²) in [5.74, 6) is 0.765. The van der Waals surface area contributed by atoms with E-state index in [9.17, 15) is 0 Å². The number of fused-ring (bicyclic) bond motifs is 1. The predicted molar refractivity (Wildman–Crippen MR) is 79.2 cm³/mol. The molecule has 0 bridgehead atoms. The fraction of sp³-hybridized carbons (Fsp3) is 0.200. The topological polar surface area (TPSA) is 63.0 Å². The highest BCUT2D eigenvalue weighted by atomic mass is 16.3. The molecule has 0 saturated carbocycles. The van der Waals surface area contributed by atoms with Crippen LogP contribution in [0, 0.1) is 6.92 Å². The predicted octanol–water partition coefficient (Wildman–Crippen LogP) is 2.13. The lowest BCUT2D eigenvalue weighted by atomic mass is 10.2. The zero-order chi connectivity index (χ0) is 13.9. The fourth-order valence-corrected chi connectivity index (χ4v) is 2.19. The van der Waals surface area contributed by atoms with Gasteiger partial charge in [-0.15, -0.1) is 0 Å². The quantitative estimate of drug-likeness (QED) is 0.761. The van der Waals surface area contributed by atoms with E-state index in [4.69, 9.17) is 5.11 Å². The van der Waals surface area contributed by atoms with Gasteiger partial charge in [0.25, 0.3) is 0 Å². The van der Waals surface area contributed by atoms with Crippen LogP contribution in [0.2, 0.25) is 0 Å². The first-order valence-corrected chi connectivity index (χ1v) is 6.53. The van der Waals surface area contributed by atoms with Crippen molar-refractivity contribution < 1.29 is 5.11 Å².